The van der Waals surface area contributed by atoms with Crippen molar-refractivity contribution in [3.63, 3.8) is 0 Å². The Kier molecular flexibility index (Phi) is 5.68. The van der Waals surface area contributed by atoms with Gasteiger partial charge in [-0.05, 0) is 55.7 Å². The Morgan fingerprint density at radius 1 is 0.875 bits per heavy atom. The normalized spacial score (nSPS) is 10.2. The number of benzene rings is 2. The molecule has 0 radical (unpaired) electrons. The van der Waals surface area contributed by atoms with Gasteiger partial charge in [0.05, 0.1) is 14.2 Å². The van der Waals surface area contributed by atoms with Crippen molar-refractivity contribution in [2.45, 2.75) is 20.8 Å². The average Bonchev–Trinajstić information content (AvgIpc) is 2.56. The van der Waals surface area contributed by atoms with Crippen LogP contribution in [-0.4, -0.2) is 26.7 Å². The van der Waals surface area contributed by atoms with E-state index in [2.05, 4.69) is 18.3 Å². The maximum absolute atomic E-state index is 12.1. The number of aryl methyl sites for hydroxylation is 3. The summed E-state index contributed by atoms with van der Waals surface area (Å²) in [6, 6.07) is 9.20. The van der Waals surface area contributed by atoms with Crippen LogP contribution in [0.5, 0.6) is 17.2 Å². The van der Waals surface area contributed by atoms with Crippen LogP contribution in [-0.2, 0) is 4.79 Å². The summed E-state index contributed by atoms with van der Waals surface area (Å²) in [7, 11) is 3.12. The van der Waals surface area contributed by atoms with Crippen molar-refractivity contribution >= 4 is 11.6 Å². The van der Waals surface area contributed by atoms with Gasteiger partial charge in [0.2, 0.25) is 0 Å². The van der Waals surface area contributed by atoms with Gasteiger partial charge < -0.3 is 19.5 Å². The number of amides is 1. The minimum atomic E-state index is -0.236. The molecule has 0 unspecified atom stereocenters. The molecule has 0 heterocycles. The SMILES string of the molecule is COc1ccc(NC(=O)COc2cc(C)c(C)cc2C)cc1OC. The van der Waals surface area contributed by atoms with Crippen molar-refractivity contribution in [2.24, 2.45) is 0 Å². The van der Waals surface area contributed by atoms with Gasteiger partial charge in [0.1, 0.15) is 5.75 Å². The first-order chi connectivity index (χ1) is 11.4. The summed E-state index contributed by atoms with van der Waals surface area (Å²) in [4.78, 5) is 12.1. The van der Waals surface area contributed by atoms with Gasteiger partial charge in [-0.25, -0.2) is 0 Å². The second-order valence-corrected chi connectivity index (χ2v) is 5.61. The van der Waals surface area contributed by atoms with Crippen LogP contribution in [0.2, 0.25) is 0 Å². The van der Waals surface area contributed by atoms with Crippen molar-refractivity contribution in [1.29, 1.82) is 0 Å². The Labute approximate surface area is 142 Å². The number of carbonyl (C=O) groups excluding carboxylic acids is 1. The maximum atomic E-state index is 12.1. The molecule has 5 nitrogen and oxygen atoms in total. The Hall–Kier alpha value is -2.69. The van der Waals surface area contributed by atoms with E-state index in [4.69, 9.17) is 14.2 Å². The van der Waals surface area contributed by atoms with Crippen LogP contribution in [0.25, 0.3) is 0 Å². The van der Waals surface area contributed by atoms with Gasteiger partial charge in [-0.1, -0.05) is 6.07 Å². The average molecular weight is 329 g/mol. The highest BCUT2D eigenvalue weighted by Crippen LogP contribution is 2.29. The zero-order valence-electron chi connectivity index (χ0n) is 14.7. The Balaban J connectivity index is 2.00. The van der Waals surface area contributed by atoms with E-state index in [0.717, 1.165) is 16.9 Å². The molecule has 0 saturated heterocycles. The molecular formula is C19H23NO4. The first-order valence-corrected chi connectivity index (χ1v) is 7.67. The molecule has 0 aliphatic carbocycles. The predicted octanol–water partition coefficient (Wildman–Crippen LogP) is 3.65. The molecule has 0 fully saturated rings. The van der Waals surface area contributed by atoms with Crippen molar-refractivity contribution < 1.29 is 19.0 Å². The molecular weight excluding hydrogens is 306 g/mol. The molecule has 5 heteroatoms. The number of anilines is 1. The van der Waals surface area contributed by atoms with Crippen molar-refractivity contribution in [2.75, 3.05) is 26.1 Å². The highest BCUT2D eigenvalue weighted by molar-refractivity contribution is 5.92. The predicted molar refractivity (Wildman–Crippen MR) is 94.3 cm³/mol. The van der Waals surface area contributed by atoms with Crippen molar-refractivity contribution in [3.8, 4) is 17.2 Å². The Morgan fingerprint density at radius 2 is 1.54 bits per heavy atom. The van der Waals surface area contributed by atoms with Crippen LogP contribution in [0.4, 0.5) is 5.69 Å². The Bertz CT molecular complexity index is 740. The molecule has 2 aromatic carbocycles. The molecule has 0 spiro atoms. The fourth-order valence-corrected chi connectivity index (χ4v) is 2.34. The van der Waals surface area contributed by atoms with Crippen molar-refractivity contribution in [1.82, 2.24) is 0 Å². The first-order valence-electron chi connectivity index (χ1n) is 7.67. The highest BCUT2D eigenvalue weighted by atomic mass is 16.5. The minimum Gasteiger partial charge on any atom is -0.493 e. The van der Waals surface area contributed by atoms with E-state index in [1.54, 1.807) is 32.4 Å². The van der Waals surface area contributed by atoms with E-state index in [9.17, 15) is 4.79 Å². The third-order valence-electron chi connectivity index (χ3n) is 3.82. The second-order valence-electron chi connectivity index (χ2n) is 5.61. The molecule has 128 valence electrons. The van der Waals surface area contributed by atoms with Crippen LogP contribution in [0, 0.1) is 20.8 Å². The van der Waals surface area contributed by atoms with Crippen molar-refractivity contribution in [3.05, 3.63) is 47.0 Å². The zero-order valence-corrected chi connectivity index (χ0v) is 14.7. The smallest absolute Gasteiger partial charge is 0.262 e. The topological polar surface area (TPSA) is 56.8 Å². The molecule has 1 N–H and O–H groups in total. The van der Waals surface area contributed by atoms with E-state index < -0.39 is 0 Å². The van der Waals surface area contributed by atoms with E-state index in [1.807, 2.05) is 19.9 Å². The van der Waals surface area contributed by atoms with E-state index in [0.29, 0.717) is 17.2 Å². The van der Waals surface area contributed by atoms with E-state index in [-0.39, 0.29) is 12.5 Å². The van der Waals surface area contributed by atoms with Gasteiger partial charge in [0, 0.05) is 11.8 Å². The van der Waals surface area contributed by atoms with Crippen LogP contribution in [0.15, 0.2) is 30.3 Å². The lowest BCUT2D eigenvalue weighted by Crippen LogP contribution is -2.20. The summed E-state index contributed by atoms with van der Waals surface area (Å²) in [6.45, 7) is 5.98. The van der Waals surface area contributed by atoms with Crippen LogP contribution < -0.4 is 19.5 Å². The standard InChI is InChI=1S/C19H23NO4/c1-12-8-14(3)17(9-13(12)2)24-11-19(21)20-15-6-7-16(22-4)18(10-15)23-5/h6-10H,11H2,1-5H3,(H,20,21). The van der Waals surface area contributed by atoms with Crippen LogP contribution in [0.3, 0.4) is 0 Å². The molecule has 0 bridgehead atoms. The first kappa shape index (κ1) is 17.7. The van der Waals surface area contributed by atoms with Gasteiger partial charge >= 0.3 is 0 Å². The lowest BCUT2D eigenvalue weighted by atomic mass is 10.1. The number of carbonyl (C=O) groups is 1. The second kappa shape index (κ2) is 7.73. The van der Waals surface area contributed by atoms with Crippen LogP contribution in [0.1, 0.15) is 16.7 Å². The van der Waals surface area contributed by atoms with E-state index in [1.165, 1.54) is 5.56 Å². The minimum absolute atomic E-state index is 0.0579. The number of hydrogen-bond donors (Lipinski definition) is 1. The fourth-order valence-electron chi connectivity index (χ4n) is 2.34. The molecule has 2 rings (SSSR count). The summed E-state index contributed by atoms with van der Waals surface area (Å²) >= 11 is 0. The third kappa shape index (κ3) is 4.19. The lowest BCUT2D eigenvalue weighted by molar-refractivity contribution is -0.118. The summed E-state index contributed by atoms with van der Waals surface area (Å²) in [6.07, 6.45) is 0. The Morgan fingerprint density at radius 3 is 2.21 bits per heavy atom. The molecule has 24 heavy (non-hydrogen) atoms. The fraction of sp³-hybridized carbons (Fsp3) is 0.316. The highest BCUT2D eigenvalue weighted by Gasteiger charge is 2.09. The third-order valence-corrected chi connectivity index (χ3v) is 3.82. The zero-order chi connectivity index (χ0) is 17.7. The maximum Gasteiger partial charge on any atom is 0.262 e. The molecule has 0 aliphatic rings. The summed E-state index contributed by atoms with van der Waals surface area (Å²) in [5.41, 5.74) is 3.97. The quantitative estimate of drug-likeness (QED) is 0.879. The molecule has 0 aromatic heterocycles. The van der Waals surface area contributed by atoms with Crippen LogP contribution >= 0.6 is 0 Å². The molecule has 1 amide bonds. The number of rotatable bonds is 6. The summed E-state index contributed by atoms with van der Waals surface area (Å²) in [5.74, 6) is 1.65. The monoisotopic (exact) mass is 329 g/mol. The van der Waals surface area contributed by atoms with Gasteiger partial charge in [0.15, 0.2) is 18.1 Å². The molecule has 0 atom stereocenters. The summed E-state index contributed by atoms with van der Waals surface area (Å²) in [5, 5.41) is 2.78. The number of nitrogens with one attached hydrogen (secondary N) is 1. The molecule has 2 aromatic rings. The van der Waals surface area contributed by atoms with E-state index >= 15 is 0 Å². The number of ether oxygens (including phenoxy) is 3. The largest absolute Gasteiger partial charge is 0.493 e. The van der Waals surface area contributed by atoms with Gasteiger partial charge in [0.25, 0.3) is 5.91 Å². The lowest BCUT2D eigenvalue weighted by Gasteiger charge is -2.13. The molecule has 0 saturated carbocycles. The van der Waals surface area contributed by atoms with Gasteiger partial charge in [-0.2, -0.15) is 0 Å². The summed E-state index contributed by atoms with van der Waals surface area (Å²) < 4.78 is 16.0. The van der Waals surface area contributed by atoms with Gasteiger partial charge in [-0.3, -0.25) is 4.79 Å². The number of hydrogen-bond acceptors (Lipinski definition) is 4. The number of methoxy groups -OCH3 is 2. The van der Waals surface area contributed by atoms with Gasteiger partial charge in [-0.15, -0.1) is 0 Å². The molecule has 0 aliphatic heterocycles.